The van der Waals surface area contributed by atoms with E-state index >= 15 is 0 Å². The van der Waals surface area contributed by atoms with E-state index in [0.717, 1.165) is 40.1 Å². The van der Waals surface area contributed by atoms with Gasteiger partial charge in [0.05, 0.1) is 11.1 Å². The highest BCUT2D eigenvalue weighted by atomic mass is 32.1. The third kappa shape index (κ3) is 4.29. The molecule has 0 radical (unpaired) electrons. The quantitative estimate of drug-likeness (QED) is 0.415. The Morgan fingerprint density at radius 1 is 1.24 bits per heavy atom. The standard InChI is InChI=1S/C28H28N4O4S/c1-4-20-23(31-27(35)21-19(9-14(2)33)13-37-26(20)21)28(36)30-11-16-5-6-17-7-8-32(12-18(17)10-16)24-15(3)25(34)22(24)29/h5-6,10,13H,3-4,7-9,11-12,29H2,1-2H3,(H,30,36)(H,31,35). The molecule has 190 valence electrons. The highest BCUT2D eigenvalue weighted by molar-refractivity contribution is 7.17. The largest absolute Gasteiger partial charge is 0.394 e. The van der Waals surface area contributed by atoms with Crippen LogP contribution in [0.5, 0.6) is 0 Å². The Hall–Kier alpha value is -3.98. The summed E-state index contributed by atoms with van der Waals surface area (Å²) in [4.78, 5) is 54.3. The number of aryl methyl sites for hydroxylation is 1. The monoisotopic (exact) mass is 516 g/mol. The summed E-state index contributed by atoms with van der Waals surface area (Å²) in [7, 11) is 0. The molecule has 3 heterocycles. The van der Waals surface area contributed by atoms with Gasteiger partial charge in [0.1, 0.15) is 17.2 Å². The van der Waals surface area contributed by atoms with E-state index in [0.29, 0.717) is 36.0 Å². The number of allylic oxidation sites excluding steroid dienone is 2. The number of H-pyrrole nitrogens is 1. The van der Waals surface area contributed by atoms with Crippen molar-refractivity contribution >= 4 is 38.9 Å². The fraction of sp³-hybridized carbons (Fsp3) is 0.286. The topological polar surface area (TPSA) is 125 Å². The molecular weight excluding hydrogens is 488 g/mol. The second kappa shape index (κ2) is 9.48. The van der Waals surface area contributed by atoms with E-state index in [1.807, 2.05) is 18.4 Å². The van der Waals surface area contributed by atoms with Crippen LogP contribution >= 0.6 is 11.3 Å². The van der Waals surface area contributed by atoms with Crippen LogP contribution in [0.15, 0.2) is 51.9 Å². The first kappa shape index (κ1) is 24.7. The number of fused-ring (bicyclic) bond motifs is 2. The van der Waals surface area contributed by atoms with Crippen molar-refractivity contribution in [2.75, 3.05) is 6.54 Å². The molecule has 1 aliphatic heterocycles. The molecule has 1 amide bonds. The minimum Gasteiger partial charge on any atom is -0.394 e. The van der Waals surface area contributed by atoms with E-state index in [-0.39, 0.29) is 40.8 Å². The molecule has 3 aromatic rings. The van der Waals surface area contributed by atoms with Crippen molar-refractivity contribution in [1.82, 2.24) is 15.2 Å². The van der Waals surface area contributed by atoms with Crippen molar-refractivity contribution in [1.29, 1.82) is 0 Å². The van der Waals surface area contributed by atoms with E-state index in [9.17, 15) is 19.2 Å². The molecule has 2 aromatic heterocycles. The first-order valence-corrected chi connectivity index (χ1v) is 13.1. The maximum Gasteiger partial charge on any atom is 0.268 e. The number of nitrogens with zero attached hydrogens (tertiary/aromatic N) is 1. The molecule has 0 atom stereocenters. The number of nitrogens with two attached hydrogens (primary N) is 1. The molecule has 9 heteroatoms. The Morgan fingerprint density at radius 3 is 2.73 bits per heavy atom. The van der Waals surface area contributed by atoms with Crippen LogP contribution in [0.3, 0.4) is 0 Å². The molecule has 0 fully saturated rings. The average Bonchev–Trinajstić information content (AvgIpc) is 3.30. The summed E-state index contributed by atoms with van der Waals surface area (Å²) in [5.74, 6) is -0.546. The summed E-state index contributed by atoms with van der Waals surface area (Å²) in [6, 6.07) is 6.12. The lowest BCUT2D eigenvalue weighted by atomic mass is 9.89. The van der Waals surface area contributed by atoms with Gasteiger partial charge in [-0.25, -0.2) is 0 Å². The zero-order chi connectivity index (χ0) is 26.4. The van der Waals surface area contributed by atoms with Crippen molar-refractivity contribution in [2.24, 2.45) is 5.73 Å². The Bertz CT molecular complexity index is 1590. The number of Topliss-reactive ketones (excluding diaryl/α,β-unsaturated/α-hetero) is 2. The van der Waals surface area contributed by atoms with E-state index < -0.39 is 0 Å². The lowest BCUT2D eigenvalue weighted by molar-refractivity contribution is -0.116. The van der Waals surface area contributed by atoms with Crippen LogP contribution in [0.2, 0.25) is 0 Å². The molecule has 1 aliphatic carbocycles. The zero-order valence-electron chi connectivity index (χ0n) is 20.8. The number of hydrogen-bond acceptors (Lipinski definition) is 7. The first-order chi connectivity index (χ1) is 17.7. The zero-order valence-corrected chi connectivity index (χ0v) is 21.6. The number of carbonyl (C=O) groups excluding carboxylic acids is 3. The second-order valence-electron chi connectivity index (χ2n) is 9.53. The van der Waals surface area contributed by atoms with Crippen molar-refractivity contribution in [2.45, 2.75) is 46.2 Å². The van der Waals surface area contributed by atoms with Gasteiger partial charge < -0.3 is 20.9 Å². The van der Waals surface area contributed by atoms with Gasteiger partial charge in [-0.1, -0.05) is 31.7 Å². The Balaban J connectivity index is 1.35. The maximum atomic E-state index is 13.2. The normalized spacial score (nSPS) is 15.1. The SMILES string of the molecule is C=C1C(=O)C(N)=C1N1CCc2ccc(CNC(=O)c3[nH]c(=O)c4c(CC(C)=O)csc4c3CC)cc2C1. The van der Waals surface area contributed by atoms with Gasteiger partial charge >= 0.3 is 0 Å². The van der Waals surface area contributed by atoms with Crippen LogP contribution in [-0.4, -0.2) is 33.9 Å². The number of rotatable bonds is 7. The minimum atomic E-state index is -0.353. The molecule has 8 nitrogen and oxygen atoms in total. The van der Waals surface area contributed by atoms with Crippen LogP contribution < -0.4 is 16.6 Å². The highest BCUT2D eigenvalue weighted by Crippen LogP contribution is 2.33. The molecule has 37 heavy (non-hydrogen) atoms. The lowest BCUT2D eigenvalue weighted by Gasteiger charge is -2.37. The number of benzene rings is 1. The van der Waals surface area contributed by atoms with Crippen molar-refractivity contribution < 1.29 is 14.4 Å². The summed E-state index contributed by atoms with van der Waals surface area (Å²) >= 11 is 1.40. The van der Waals surface area contributed by atoms with Crippen LogP contribution in [-0.2, 0) is 41.9 Å². The van der Waals surface area contributed by atoms with Crippen molar-refractivity contribution in [3.05, 3.63) is 91.0 Å². The van der Waals surface area contributed by atoms with Gasteiger partial charge in [-0.2, -0.15) is 0 Å². The van der Waals surface area contributed by atoms with Gasteiger partial charge in [0.2, 0.25) is 5.78 Å². The molecule has 5 rings (SSSR count). The highest BCUT2D eigenvalue weighted by Gasteiger charge is 2.35. The van der Waals surface area contributed by atoms with Gasteiger partial charge in [0.15, 0.2) is 0 Å². The molecule has 0 unspecified atom stereocenters. The van der Waals surface area contributed by atoms with Crippen molar-refractivity contribution in [3.63, 3.8) is 0 Å². The van der Waals surface area contributed by atoms with Gasteiger partial charge in [0.25, 0.3) is 11.5 Å². The van der Waals surface area contributed by atoms with Crippen LogP contribution in [0.25, 0.3) is 10.1 Å². The number of aromatic nitrogens is 1. The number of carbonyl (C=O) groups is 3. The third-order valence-electron chi connectivity index (χ3n) is 7.04. The van der Waals surface area contributed by atoms with E-state index in [1.54, 1.807) is 0 Å². The van der Waals surface area contributed by atoms with Crippen molar-refractivity contribution in [3.8, 4) is 0 Å². The second-order valence-corrected chi connectivity index (χ2v) is 10.4. The predicted molar refractivity (Wildman–Crippen MR) is 143 cm³/mol. The lowest BCUT2D eigenvalue weighted by Crippen LogP contribution is -2.40. The number of nitrogens with one attached hydrogen (secondary N) is 2. The summed E-state index contributed by atoms with van der Waals surface area (Å²) in [5.41, 5.74) is 12.0. The smallest absolute Gasteiger partial charge is 0.268 e. The minimum absolute atomic E-state index is 0.0153. The van der Waals surface area contributed by atoms with Crippen LogP contribution in [0.1, 0.15) is 52.2 Å². The van der Waals surface area contributed by atoms with E-state index in [4.69, 9.17) is 5.73 Å². The molecule has 0 saturated carbocycles. The van der Waals surface area contributed by atoms with Gasteiger partial charge in [-0.3, -0.25) is 19.2 Å². The van der Waals surface area contributed by atoms with Gasteiger partial charge in [-0.15, -0.1) is 11.3 Å². The Kier molecular flexibility index (Phi) is 6.33. The van der Waals surface area contributed by atoms with E-state index in [2.05, 4.69) is 33.9 Å². The average molecular weight is 517 g/mol. The summed E-state index contributed by atoms with van der Waals surface area (Å²) in [5, 5.41) is 5.27. The molecule has 1 aromatic carbocycles. The number of ketones is 2. The third-order valence-corrected chi connectivity index (χ3v) is 8.13. The Morgan fingerprint density at radius 2 is 2.03 bits per heavy atom. The molecule has 0 saturated heterocycles. The molecule has 4 N–H and O–H groups in total. The van der Waals surface area contributed by atoms with Crippen LogP contribution in [0, 0.1) is 0 Å². The molecule has 2 aliphatic rings. The number of hydrogen-bond donors (Lipinski definition) is 3. The molecule has 0 bridgehead atoms. The van der Waals surface area contributed by atoms with Gasteiger partial charge in [-0.05, 0) is 53.0 Å². The Labute approximate surface area is 217 Å². The first-order valence-electron chi connectivity index (χ1n) is 12.2. The number of thiophene rings is 1. The summed E-state index contributed by atoms with van der Waals surface area (Å²) < 4.78 is 0.756. The summed E-state index contributed by atoms with van der Waals surface area (Å²) in [6.45, 7) is 8.95. The van der Waals surface area contributed by atoms with Gasteiger partial charge in [0, 0.05) is 36.3 Å². The fourth-order valence-electron chi connectivity index (χ4n) is 5.18. The predicted octanol–water partition coefficient (Wildman–Crippen LogP) is 2.88. The maximum absolute atomic E-state index is 13.2. The summed E-state index contributed by atoms with van der Waals surface area (Å²) in [6.07, 6.45) is 1.59. The number of pyridine rings is 1. The van der Waals surface area contributed by atoms with E-state index in [1.165, 1.54) is 23.8 Å². The molecule has 0 spiro atoms. The fourth-order valence-corrected chi connectivity index (χ4v) is 6.37. The molecular formula is C28H28N4O4S. The number of amides is 1. The number of aromatic amines is 1. The van der Waals surface area contributed by atoms with Crippen LogP contribution in [0.4, 0.5) is 0 Å².